The fourth-order valence-corrected chi connectivity index (χ4v) is 4.10. The van der Waals surface area contributed by atoms with Gasteiger partial charge in [0.05, 0.1) is 32.4 Å². The molecule has 4 aromatic rings. The summed E-state index contributed by atoms with van der Waals surface area (Å²) in [6, 6.07) is 7.82. The number of carbonyl (C=O) groups is 1. The Kier molecular flexibility index (Phi) is 6.09. The van der Waals surface area contributed by atoms with Crippen molar-refractivity contribution in [2.24, 2.45) is 7.05 Å². The first kappa shape index (κ1) is 23.7. The summed E-state index contributed by atoms with van der Waals surface area (Å²) < 4.78 is 54.0. The number of hydrogen-bond acceptors (Lipinski definition) is 3. The third-order valence-corrected chi connectivity index (χ3v) is 5.87. The molecule has 11 heteroatoms. The third kappa shape index (κ3) is 4.24. The predicted octanol–water partition coefficient (Wildman–Crippen LogP) is 6.32. The summed E-state index contributed by atoms with van der Waals surface area (Å²) in [4.78, 5) is 29.7. The maximum absolute atomic E-state index is 13.6. The zero-order chi connectivity index (χ0) is 24.8. The molecule has 34 heavy (non-hydrogen) atoms. The number of benzene rings is 2. The van der Waals surface area contributed by atoms with Gasteiger partial charge in [0, 0.05) is 36.0 Å². The highest BCUT2D eigenvalue weighted by Crippen LogP contribution is 2.39. The minimum atomic E-state index is -4.98. The van der Waals surface area contributed by atoms with E-state index in [4.69, 9.17) is 23.2 Å². The first-order chi connectivity index (χ1) is 16.0. The number of aryl methyl sites for hydroxylation is 1. The lowest BCUT2D eigenvalue weighted by Gasteiger charge is -2.15. The summed E-state index contributed by atoms with van der Waals surface area (Å²) in [5, 5.41) is 3.04. The number of nitrogens with zero attached hydrogens (tertiary/aromatic N) is 2. The van der Waals surface area contributed by atoms with Gasteiger partial charge in [0.15, 0.2) is 0 Å². The number of hydrogen-bond donors (Lipinski definition) is 1. The van der Waals surface area contributed by atoms with Crippen LogP contribution < -0.4 is 10.9 Å². The molecular weight excluding hydrogens is 497 g/mol. The van der Waals surface area contributed by atoms with Crippen LogP contribution in [0.1, 0.15) is 15.9 Å². The van der Waals surface area contributed by atoms with E-state index < -0.39 is 34.6 Å². The van der Waals surface area contributed by atoms with Crippen molar-refractivity contribution in [1.82, 2.24) is 9.55 Å². The Balaban J connectivity index is 1.78. The molecule has 4 rings (SSSR count). The Morgan fingerprint density at radius 1 is 1.09 bits per heavy atom. The Bertz CT molecular complexity index is 1520. The number of carbonyl (C=O) groups excluding carboxylic acids is 1. The van der Waals surface area contributed by atoms with Crippen molar-refractivity contribution in [2.45, 2.75) is 6.18 Å². The Labute approximate surface area is 199 Å². The van der Waals surface area contributed by atoms with Gasteiger partial charge in [0.25, 0.3) is 11.5 Å². The van der Waals surface area contributed by atoms with E-state index in [0.717, 1.165) is 6.07 Å². The van der Waals surface area contributed by atoms with Crippen molar-refractivity contribution in [3.63, 3.8) is 0 Å². The highest BCUT2D eigenvalue weighted by Gasteiger charge is 2.34. The number of aromatic nitrogens is 2. The first-order valence-electron chi connectivity index (χ1n) is 9.59. The van der Waals surface area contributed by atoms with Crippen LogP contribution in [0.4, 0.5) is 23.2 Å². The van der Waals surface area contributed by atoms with E-state index in [1.54, 1.807) is 25.4 Å². The van der Waals surface area contributed by atoms with Gasteiger partial charge >= 0.3 is 6.18 Å². The first-order valence-corrected chi connectivity index (χ1v) is 10.3. The van der Waals surface area contributed by atoms with E-state index >= 15 is 0 Å². The zero-order valence-corrected chi connectivity index (χ0v) is 18.7. The molecule has 0 unspecified atom stereocenters. The van der Waals surface area contributed by atoms with E-state index in [1.807, 2.05) is 0 Å². The van der Waals surface area contributed by atoms with Crippen LogP contribution in [0.15, 0.2) is 59.7 Å². The molecular formula is C23H13Cl2F4N3O2. The SMILES string of the molecule is Cn1c(=O)c(-c2c(Cl)ccc(NC(=O)c3ccc(F)c(C(F)(F)F)c3)c2Cl)cc2cnccc21. The maximum Gasteiger partial charge on any atom is 0.419 e. The Morgan fingerprint density at radius 2 is 1.82 bits per heavy atom. The van der Waals surface area contributed by atoms with Crippen molar-refractivity contribution >= 4 is 45.7 Å². The lowest BCUT2D eigenvalue weighted by molar-refractivity contribution is -0.140. The number of halogens is 6. The number of fused-ring (bicyclic) bond motifs is 1. The van der Waals surface area contributed by atoms with Crippen LogP contribution >= 0.6 is 23.2 Å². The smallest absolute Gasteiger partial charge is 0.321 e. The number of nitrogens with one attached hydrogen (secondary N) is 1. The number of anilines is 1. The Hall–Kier alpha value is -3.43. The van der Waals surface area contributed by atoms with Crippen LogP contribution in [0, 0.1) is 5.82 Å². The normalized spacial score (nSPS) is 11.6. The van der Waals surface area contributed by atoms with Gasteiger partial charge < -0.3 is 9.88 Å². The molecule has 0 fully saturated rings. The third-order valence-electron chi connectivity index (χ3n) is 5.17. The van der Waals surface area contributed by atoms with Crippen molar-refractivity contribution in [1.29, 1.82) is 0 Å². The summed E-state index contributed by atoms with van der Waals surface area (Å²) in [5.74, 6) is -2.46. The lowest BCUT2D eigenvalue weighted by atomic mass is 10.0. The van der Waals surface area contributed by atoms with Crippen LogP contribution in [0.25, 0.3) is 22.0 Å². The van der Waals surface area contributed by atoms with Crippen molar-refractivity contribution in [2.75, 3.05) is 5.32 Å². The second-order valence-electron chi connectivity index (χ2n) is 7.29. The summed E-state index contributed by atoms with van der Waals surface area (Å²) >= 11 is 12.8. The minimum Gasteiger partial charge on any atom is -0.321 e. The molecule has 0 bridgehead atoms. The molecule has 174 valence electrons. The fraction of sp³-hybridized carbons (Fsp3) is 0.0870. The molecule has 0 aliphatic rings. The molecule has 0 atom stereocenters. The second kappa shape index (κ2) is 8.73. The topological polar surface area (TPSA) is 64.0 Å². The van der Waals surface area contributed by atoms with Crippen LogP contribution in [-0.4, -0.2) is 15.5 Å². The quantitative estimate of drug-likeness (QED) is 0.329. The zero-order valence-electron chi connectivity index (χ0n) is 17.2. The van der Waals surface area contributed by atoms with E-state index in [2.05, 4.69) is 10.3 Å². The number of amides is 1. The highest BCUT2D eigenvalue weighted by atomic mass is 35.5. The van der Waals surface area contributed by atoms with Crippen LogP contribution in [0.3, 0.4) is 0 Å². The number of rotatable bonds is 3. The molecule has 1 amide bonds. The van der Waals surface area contributed by atoms with E-state index in [-0.39, 0.29) is 26.9 Å². The highest BCUT2D eigenvalue weighted by molar-refractivity contribution is 6.41. The average Bonchev–Trinajstić information content (AvgIpc) is 2.78. The van der Waals surface area contributed by atoms with Crippen LogP contribution in [0.2, 0.25) is 10.0 Å². The molecule has 1 N–H and O–H groups in total. The predicted molar refractivity (Wildman–Crippen MR) is 122 cm³/mol. The molecule has 2 heterocycles. The second-order valence-corrected chi connectivity index (χ2v) is 8.07. The molecule has 5 nitrogen and oxygen atoms in total. The van der Waals surface area contributed by atoms with Gasteiger partial charge in [-0.3, -0.25) is 14.6 Å². The molecule has 0 saturated carbocycles. The fourth-order valence-electron chi connectivity index (χ4n) is 3.48. The summed E-state index contributed by atoms with van der Waals surface area (Å²) in [7, 11) is 1.56. The van der Waals surface area contributed by atoms with E-state index in [9.17, 15) is 27.2 Å². The average molecular weight is 510 g/mol. The van der Waals surface area contributed by atoms with Crippen molar-refractivity contribution in [3.05, 3.63) is 92.2 Å². The molecule has 0 aliphatic heterocycles. The van der Waals surface area contributed by atoms with E-state index in [0.29, 0.717) is 23.0 Å². The van der Waals surface area contributed by atoms with Gasteiger partial charge in [-0.2, -0.15) is 13.2 Å². The molecule has 0 radical (unpaired) electrons. The monoisotopic (exact) mass is 509 g/mol. The van der Waals surface area contributed by atoms with Gasteiger partial charge in [-0.25, -0.2) is 4.39 Å². The van der Waals surface area contributed by atoms with Crippen LogP contribution in [-0.2, 0) is 13.2 Å². The molecule has 0 saturated heterocycles. The minimum absolute atomic E-state index is 0.00251. The molecule has 0 spiro atoms. The van der Waals surface area contributed by atoms with E-state index in [1.165, 1.54) is 22.9 Å². The lowest BCUT2D eigenvalue weighted by Crippen LogP contribution is -2.19. The van der Waals surface area contributed by atoms with Gasteiger partial charge in [0.2, 0.25) is 0 Å². The summed E-state index contributed by atoms with van der Waals surface area (Å²) in [6.45, 7) is 0. The van der Waals surface area contributed by atoms with Crippen molar-refractivity contribution < 1.29 is 22.4 Å². The summed E-state index contributed by atoms with van der Waals surface area (Å²) in [5.41, 5.74) is -1.54. The molecule has 2 aromatic heterocycles. The van der Waals surface area contributed by atoms with Gasteiger partial charge in [-0.15, -0.1) is 0 Å². The number of alkyl halides is 3. The standard InChI is InChI=1S/C23H13Cl2F4N3O2/c1-32-18-6-7-30-10-12(18)8-13(22(32)34)19-15(24)3-5-17(20(19)25)31-21(33)11-2-4-16(26)14(9-11)23(27,28)29/h2-10H,1H3,(H,31,33). The summed E-state index contributed by atoms with van der Waals surface area (Å²) in [6.07, 6.45) is -1.88. The molecule has 2 aromatic carbocycles. The van der Waals surface area contributed by atoms with Gasteiger partial charge in [-0.1, -0.05) is 23.2 Å². The largest absolute Gasteiger partial charge is 0.419 e. The number of pyridine rings is 2. The van der Waals surface area contributed by atoms with Crippen LogP contribution in [0.5, 0.6) is 0 Å². The van der Waals surface area contributed by atoms with Gasteiger partial charge in [0.1, 0.15) is 5.82 Å². The van der Waals surface area contributed by atoms with Gasteiger partial charge in [-0.05, 0) is 42.5 Å². The maximum atomic E-state index is 13.6. The van der Waals surface area contributed by atoms with Crippen molar-refractivity contribution in [3.8, 4) is 11.1 Å². The Morgan fingerprint density at radius 3 is 2.53 bits per heavy atom. The molecule has 0 aliphatic carbocycles.